The van der Waals surface area contributed by atoms with Crippen LogP contribution in [0, 0.1) is 0 Å². The molecule has 0 N–H and O–H groups in total. The zero-order chi connectivity index (χ0) is 8.81. The first-order chi connectivity index (χ1) is 5.86. The van der Waals surface area contributed by atoms with Gasteiger partial charge in [0.2, 0.25) is 5.88 Å². The predicted molar refractivity (Wildman–Crippen MR) is 49.0 cm³/mol. The first-order valence-electron chi connectivity index (χ1n) is 4.41. The summed E-state index contributed by atoms with van der Waals surface area (Å²) in [4.78, 5) is 6.08. The lowest BCUT2D eigenvalue weighted by molar-refractivity contribution is 0.221. The first kappa shape index (κ1) is 9.10. The van der Waals surface area contributed by atoms with Crippen LogP contribution in [0.4, 0.5) is 0 Å². The van der Waals surface area contributed by atoms with E-state index in [0.29, 0.717) is 12.5 Å². The van der Waals surface area contributed by atoms with Gasteiger partial charge in [0, 0.05) is 13.1 Å². The highest BCUT2D eigenvalue weighted by molar-refractivity contribution is 5.58. The molecule has 1 aliphatic heterocycles. The van der Waals surface area contributed by atoms with Crippen molar-refractivity contribution in [1.29, 1.82) is 0 Å². The molecule has 0 fully saturated rings. The molecule has 67 valence electrons. The van der Waals surface area contributed by atoms with Gasteiger partial charge in [0.15, 0.2) is 6.34 Å². The molecule has 1 rings (SSSR count). The van der Waals surface area contributed by atoms with Gasteiger partial charge in [0.1, 0.15) is 0 Å². The molecule has 0 atom stereocenters. The van der Waals surface area contributed by atoms with Crippen molar-refractivity contribution in [2.24, 2.45) is 4.99 Å². The summed E-state index contributed by atoms with van der Waals surface area (Å²) >= 11 is 0. The topological polar surface area (TPSA) is 24.8 Å². The monoisotopic (exact) mass is 167 g/mol. The van der Waals surface area contributed by atoms with E-state index in [1.54, 1.807) is 0 Å². The van der Waals surface area contributed by atoms with Crippen molar-refractivity contribution in [3.8, 4) is 0 Å². The Morgan fingerprint density at radius 3 is 3.00 bits per heavy atom. The Balaban J connectivity index is 2.33. The molecule has 1 heterocycles. The summed E-state index contributed by atoms with van der Waals surface area (Å²) in [6.45, 7) is 6.65. The molecule has 3 heteroatoms. The second-order valence-corrected chi connectivity index (χ2v) is 2.63. The van der Waals surface area contributed by atoms with E-state index in [1.165, 1.54) is 0 Å². The van der Waals surface area contributed by atoms with E-state index >= 15 is 0 Å². The molecule has 0 aromatic rings. The summed E-state index contributed by atoms with van der Waals surface area (Å²) in [6.07, 6.45) is 6.03. The quantitative estimate of drug-likeness (QED) is 0.633. The van der Waals surface area contributed by atoms with E-state index in [1.807, 2.05) is 17.9 Å². The molecular weight excluding hydrogens is 152 g/mol. The van der Waals surface area contributed by atoms with E-state index in [9.17, 15) is 0 Å². The zero-order valence-corrected chi connectivity index (χ0v) is 7.71. The third-order valence-electron chi connectivity index (χ3n) is 1.57. The van der Waals surface area contributed by atoms with Crippen molar-refractivity contribution in [3.05, 3.63) is 12.0 Å². The fourth-order valence-corrected chi connectivity index (χ4v) is 1.05. The number of nitrogens with zero attached hydrogens (tertiary/aromatic N) is 2. The van der Waals surface area contributed by atoms with Crippen molar-refractivity contribution < 1.29 is 4.74 Å². The second kappa shape index (κ2) is 4.80. The smallest absolute Gasteiger partial charge is 0.212 e. The van der Waals surface area contributed by atoms with Gasteiger partial charge in [-0.25, -0.2) is 0 Å². The second-order valence-electron chi connectivity index (χ2n) is 2.63. The van der Waals surface area contributed by atoms with Gasteiger partial charge in [0.05, 0.1) is 6.61 Å². The van der Waals surface area contributed by atoms with Crippen LogP contribution in [-0.4, -0.2) is 30.9 Å². The summed E-state index contributed by atoms with van der Waals surface area (Å²) in [5.74, 6) is 0.699. The van der Waals surface area contributed by atoms with E-state index < -0.39 is 0 Å². The van der Waals surface area contributed by atoms with Crippen molar-refractivity contribution >= 4 is 6.34 Å². The minimum atomic E-state index is 0.671. The highest BCUT2D eigenvalue weighted by Crippen LogP contribution is 2.04. The fourth-order valence-electron chi connectivity index (χ4n) is 1.05. The average molecular weight is 167 g/mol. The van der Waals surface area contributed by atoms with Crippen LogP contribution in [0.25, 0.3) is 0 Å². The summed E-state index contributed by atoms with van der Waals surface area (Å²) in [5.41, 5.74) is 0. The Hall–Kier alpha value is -0.990. The van der Waals surface area contributed by atoms with Crippen LogP contribution in [0.1, 0.15) is 20.3 Å². The third-order valence-corrected chi connectivity index (χ3v) is 1.57. The van der Waals surface area contributed by atoms with Gasteiger partial charge in [-0.05, 0) is 19.4 Å². The van der Waals surface area contributed by atoms with Gasteiger partial charge in [0.25, 0.3) is 0 Å². The molecule has 1 radical (unpaired) electrons. The molecule has 1 aliphatic rings. The summed E-state index contributed by atoms with van der Waals surface area (Å²) in [7, 11) is 0. The molecule has 0 aromatic heterocycles. The van der Waals surface area contributed by atoms with Crippen molar-refractivity contribution in [3.63, 3.8) is 0 Å². The van der Waals surface area contributed by atoms with Crippen LogP contribution in [0.2, 0.25) is 0 Å². The highest BCUT2D eigenvalue weighted by Gasteiger charge is 2.05. The molecule has 3 nitrogen and oxygen atoms in total. The largest absolute Gasteiger partial charge is 0.478 e. The Labute approximate surface area is 73.7 Å². The van der Waals surface area contributed by atoms with Gasteiger partial charge in [-0.2, -0.15) is 4.99 Å². The highest BCUT2D eigenvalue weighted by atomic mass is 16.5. The Kier molecular flexibility index (Phi) is 3.64. The minimum Gasteiger partial charge on any atom is -0.478 e. The minimum absolute atomic E-state index is 0.671. The van der Waals surface area contributed by atoms with E-state index in [4.69, 9.17) is 4.74 Å². The summed E-state index contributed by atoms with van der Waals surface area (Å²) in [5, 5.41) is 0. The SMILES string of the molecule is CCCN1[C]=NC(OCC)=CC1. The number of hydrogen-bond acceptors (Lipinski definition) is 3. The lowest BCUT2D eigenvalue weighted by Crippen LogP contribution is -2.25. The van der Waals surface area contributed by atoms with E-state index in [0.717, 1.165) is 19.5 Å². The lowest BCUT2D eigenvalue weighted by atomic mass is 10.4. The Morgan fingerprint density at radius 2 is 2.50 bits per heavy atom. The van der Waals surface area contributed by atoms with Crippen molar-refractivity contribution in [2.45, 2.75) is 20.3 Å². The molecule has 0 aromatic carbocycles. The molecule has 0 saturated carbocycles. The number of aliphatic imine (C=N–C) groups is 1. The normalized spacial score (nSPS) is 16.2. The van der Waals surface area contributed by atoms with Crippen LogP contribution >= 0.6 is 0 Å². The fraction of sp³-hybridized carbons (Fsp3) is 0.667. The maximum absolute atomic E-state index is 5.21. The molecule has 0 spiro atoms. The van der Waals surface area contributed by atoms with E-state index in [-0.39, 0.29) is 0 Å². The molecule has 0 amide bonds. The number of ether oxygens (including phenoxy) is 1. The standard InChI is InChI=1S/C9H15N2O/c1-3-6-11-7-5-9(10-8-11)12-4-2/h5H,3-4,6-7H2,1-2H3. The molecular formula is C9H15N2O. The van der Waals surface area contributed by atoms with Crippen LogP contribution in [0.15, 0.2) is 17.0 Å². The average Bonchev–Trinajstić information content (AvgIpc) is 2.09. The van der Waals surface area contributed by atoms with Crippen molar-refractivity contribution in [2.75, 3.05) is 19.7 Å². The Bertz CT molecular complexity index is 187. The number of hydrogen-bond donors (Lipinski definition) is 0. The molecule has 0 aliphatic carbocycles. The maximum Gasteiger partial charge on any atom is 0.212 e. The lowest BCUT2D eigenvalue weighted by Gasteiger charge is -2.19. The van der Waals surface area contributed by atoms with Crippen LogP contribution in [0.3, 0.4) is 0 Å². The summed E-state index contributed by atoms with van der Waals surface area (Å²) in [6, 6.07) is 0. The molecule has 0 unspecified atom stereocenters. The van der Waals surface area contributed by atoms with Crippen molar-refractivity contribution in [1.82, 2.24) is 4.90 Å². The Morgan fingerprint density at radius 1 is 1.67 bits per heavy atom. The summed E-state index contributed by atoms with van der Waals surface area (Å²) < 4.78 is 5.21. The predicted octanol–water partition coefficient (Wildman–Crippen LogP) is 1.50. The van der Waals surface area contributed by atoms with Crippen LogP contribution in [-0.2, 0) is 4.74 Å². The molecule has 12 heavy (non-hydrogen) atoms. The van der Waals surface area contributed by atoms with Gasteiger partial charge in [-0.1, -0.05) is 6.92 Å². The molecule has 0 saturated heterocycles. The van der Waals surface area contributed by atoms with Crippen LogP contribution in [0.5, 0.6) is 0 Å². The van der Waals surface area contributed by atoms with Gasteiger partial charge < -0.3 is 9.64 Å². The maximum atomic E-state index is 5.21. The van der Waals surface area contributed by atoms with Gasteiger partial charge >= 0.3 is 0 Å². The van der Waals surface area contributed by atoms with Gasteiger partial charge in [-0.15, -0.1) is 0 Å². The zero-order valence-electron chi connectivity index (χ0n) is 7.71. The van der Waals surface area contributed by atoms with Crippen LogP contribution < -0.4 is 0 Å². The first-order valence-corrected chi connectivity index (χ1v) is 4.41. The molecule has 0 bridgehead atoms. The van der Waals surface area contributed by atoms with E-state index in [2.05, 4.69) is 18.3 Å². The van der Waals surface area contributed by atoms with Gasteiger partial charge in [-0.3, -0.25) is 0 Å². The number of rotatable bonds is 4. The third kappa shape index (κ3) is 2.57.